The van der Waals surface area contributed by atoms with E-state index in [0.29, 0.717) is 24.8 Å². The van der Waals surface area contributed by atoms with Crippen LogP contribution in [0.15, 0.2) is 29.2 Å². The lowest BCUT2D eigenvalue weighted by Gasteiger charge is -2.13. The third-order valence-electron chi connectivity index (χ3n) is 3.40. The minimum absolute atomic E-state index is 0.0790. The van der Waals surface area contributed by atoms with Crippen LogP contribution in [0.4, 0.5) is 0 Å². The molecule has 0 aromatic heterocycles. The Balaban J connectivity index is 2.08. The summed E-state index contributed by atoms with van der Waals surface area (Å²) < 4.78 is 26.8. The number of benzene rings is 1. The molecule has 2 N–H and O–H groups in total. The topological polar surface area (TPSA) is 107 Å². The van der Waals surface area contributed by atoms with E-state index < -0.39 is 21.9 Å². The van der Waals surface area contributed by atoms with Gasteiger partial charge in [0.05, 0.1) is 22.4 Å². The van der Waals surface area contributed by atoms with Crippen molar-refractivity contribution in [1.82, 2.24) is 4.72 Å². The van der Waals surface area contributed by atoms with E-state index in [1.807, 2.05) is 6.07 Å². The van der Waals surface area contributed by atoms with Crippen LogP contribution >= 0.6 is 0 Å². The van der Waals surface area contributed by atoms with E-state index >= 15 is 0 Å². The Kier molecular flexibility index (Phi) is 4.06. The summed E-state index contributed by atoms with van der Waals surface area (Å²) in [4.78, 5) is 10.9. The minimum atomic E-state index is -3.67. The molecule has 0 amide bonds. The molecule has 6 nitrogen and oxygen atoms in total. The van der Waals surface area contributed by atoms with E-state index in [2.05, 4.69) is 4.72 Å². The van der Waals surface area contributed by atoms with Gasteiger partial charge in [-0.3, -0.25) is 4.79 Å². The first-order chi connectivity index (χ1) is 9.42. The molecule has 2 atom stereocenters. The van der Waals surface area contributed by atoms with Gasteiger partial charge in [0.15, 0.2) is 0 Å². The molecule has 20 heavy (non-hydrogen) atoms. The van der Waals surface area contributed by atoms with Gasteiger partial charge in [0.1, 0.15) is 0 Å². The van der Waals surface area contributed by atoms with Gasteiger partial charge in [-0.2, -0.15) is 5.26 Å². The SMILES string of the molecule is N#Cc1ccc(S(=O)(=O)N[C@H]2CC[C@@H](C(=O)O)C2)cc1. The van der Waals surface area contributed by atoms with Crippen LogP contribution in [-0.4, -0.2) is 25.5 Å². The molecule has 0 bridgehead atoms. The number of sulfonamides is 1. The average molecular weight is 294 g/mol. The van der Waals surface area contributed by atoms with E-state index in [4.69, 9.17) is 10.4 Å². The first-order valence-electron chi connectivity index (χ1n) is 6.17. The third-order valence-corrected chi connectivity index (χ3v) is 4.93. The molecule has 1 aromatic rings. The Hall–Kier alpha value is -1.91. The predicted octanol–water partition coefficient (Wildman–Crippen LogP) is 1.09. The molecule has 106 valence electrons. The van der Waals surface area contributed by atoms with Gasteiger partial charge in [-0.25, -0.2) is 13.1 Å². The summed E-state index contributed by atoms with van der Waals surface area (Å²) in [6.07, 6.45) is 1.31. The Labute approximate surface area is 117 Å². The molecule has 0 aliphatic heterocycles. The van der Waals surface area contributed by atoms with Crippen molar-refractivity contribution in [2.75, 3.05) is 0 Å². The highest BCUT2D eigenvalue weighted by molar-refractivity contribution is 7.89. The van der Waals surface area contributed by atoms with Crippen molar-refractivity contribution < 1.29 is 18.3 Å². The molecule has 1 saturated carbocycles. The number of rotatable bonds is 4. The van der Waals surface area contributed by atoms with Crippen molar-refractivity contribution in [3.63, 3.8) is 0 Å². The second-order valence-corrected chi connectivity index (χ2v) is 6.52. The third kappa shape index (κ3) is 3.15. The van der Waals surface area contributed by atoms with Crippen molar-refractivity contribution in [3.8, 4) is 6.07 Å². The van der Waals surface area contributed by atoms with Crippen LogP contribution in [0.1, 0.15) is 24.8 Å². The summed E-state index contributed by atoms with van der Waals surface area (Å²) in [7, 11) is -3.67. The van der Waals surface area contributed by atoms with Crippen LogP contribution in [0.25, 0.3) is 0 Å². The fourth-order valence-corrected chi connectivity index (χ4v) is 3.59. The Morgan fingerprint density at radius 3 is 2.45 bits per heavy atom. The molecular weight excluding hydrogens is 280 g/mol. The number of nitriles is 1. The van der Waals surface area contributed by atoms with Crippen LogP contribution in [0.5, 0.6) is 0 Å². The molecule has 0 radical (unpaired) electrons. The second-order valence-electron chi connectivity index (χ2n) is 4.80. The molecule has 1 aliphatic rings. The Morgan fingerprint density at radius 2 is 1.95 bits per heavy atom. The average Bonchev–Trinajstić information content (AvgIpc) is 2.87. The Morgan fingerprint density at radius 1 is 1.30 bits per heavy atom. The van der Waals surface area contributed by atoms with E-state index in [1.165, 1.54) is 24.3 Å². The van der Waals surface area contributed by atoms with Gasteiger partial charge in [0, 0.05) is 6.04 Å². The van der Waals surface area contributed by atoms with Gasteiger partial charge in [-0.05, 0) is 43.5 Å². The van der Waals surface area contributed by atoms with Gasteiger partial charge in [-0.1, -0.05) is 0 Å². The second kappa shape index (κ2) is 5.61. The number of carboxylic acids is 1. The van der Waals surface area contributed by atoms with Crippen LogP contribution in [0, 0.1) is 17.2 Å². The van der Waals surface area contributed by atoms with Crippen molar-refractivity contribution >= 4 is 16.0 Å². The van der Waals surface area contributed by atoms with Gasteiger partial charge < -0.3 is 5.11 Å². The number of carbonyl (C=O) groups is 1. The number of carboxylic acid groups (broad SMARTS) is 1. The van der Waals surface area contributed by atoms with Gasteiger partial charge in [0.2, 0.25) is 10.0 Å². The molecule has 7 heteroatoms. The van der Waals surface area contributed by atoms with Gasteiger partial charge in [0.25, 0.3) is 0 Å². The maximum absolute atomic E-state index is 12.1. The quantitative estimate of drug-likeness (QED) is 0.864. The highest BCUT2D eigenvalue weighted by atomic mass is 32.2. The molecule has 1 aromatic carbocycles. The van der Waals surface area contributed by atoms with Crippen molar-refractivity contribution in [2.45, 2.75) is 30.2 Å². The lowest BCUT2D eigenvalue weighted by atomic mass is 10.1. The van der Waals surface area contributed by atoms with Crippen molar-refractivity contribution in [1.29, 1.82) is 5.26 Å². The zero-order chi connectivity index (χ0) is 14.8. The van der Waals surface area contributed by atoms with E-state index in [0.717, 1.165) is 0 Å². The molecule has 0 spiro atoms. The first kappa shape index (κ1) is 14.5. The molecule has 1 fully saturated rings. The molecule has 0 unspecified atom stereocenters. The molecule has 1 aliphatic carbocycles. The maximum atomic E-state index is 12.1. The Bertz CT molecular complexity index is 646. The monoisotopic (exact) mass is 294 g/mol. The fourth-order valence-electron chi connectivity index (χ4n) is 2.31. The summed E-state index contributed by atoms with van der Waals surface area (Å²) in [5.74, 6) is -1.37. The fraction of sp³-hybridized carbons (Fsp3) is 0.385. The van der Waals surface area contributed by atoms with Crippen LogP contribution in [0.2, 0.25) is 0 Å². The minimum Gasteiger partial charge on any atom is -0.481 e. The maximum Gasteiger partial charge on any atom is 0.306 e. The zero-order valence-electron chi connectivity index (χ0n) is 10.6. The van der Waals surface area contributed by atoms with Gasteiger partial charge >= 0.3 is 5.97 Å². The molecular formula is C13H14N2O4S. The van der Waals surface area contributed by atoms with Crippen LogP contribution in [-0.2, 0) is 14.8 Å². The molecule has 2 rings (SSSR count). The summed E-state index contributed by atoms with van der Waals surface area (Å²) >= 11 is 0. The number of hydrogen-bond acceptors (Lipinski definition) is 4. The lowest BCUT2D eigenvalue weighted by Crippen LogP contribution is -2.33. The highest BCUT2D eigenvalue weighted by Crippen LogP contribution is 2.27. The number of nitrogens with zero attached hydrogens (tertiary/aromatic N) is 1. The van der Waals surface area contributed by atoms with Crippen LogP contribution < -0.4 is 4.72 Å². The lowest BCUT2D eigenvalue weighted by molar-refractivity contribution is -0.141. The van der Waals surface area contributed by atoms with Crippen molar-refractivity contribution in [3.05, 3.63) is 29.8 Å². The normalized spacial score (nSPS) is 22.4. The van der Waals surface area contributed by atoms with Crippen molar-refractivity contribution in [2.24, 2.45) is 5.92 Å². The predicted molar refractivity (Wildman–Crippen MR) is 70.2 cm³/mol. The van der Waals surface area contributed by atoms with Crippen LogP contribution in [0.3, 0.4) is 0 Å². The van der Waals surface area contributed by atoms with E-state index in [1.54, 1.807) is 0 Å². The number of aliphatic carboxylic acids is 1. The van der Waals surface area contributed by atoms with E-state index in [9.17, 15) is 13.2 Å². The smallest absolute Gasteiger partial charge is 0.306 e. The summed E-state index contributed by atoms with van der Waals surface area (Å²) in [5, 5.41) is 17.6. The number of hydrogen-bond donors (Lipinski definition) is 2. The first-order valence-corrected chi connectivity index (χ1v) is 7.66. The summed E-state index contributed by atoms with van der Waals surface area (Å²) in [5.41, 5.74) is 0.385. The highest BCUT2D eigenvalue weighted by Gasteiger charge is 2.32. The molecule has 0 saturated heterocycles. The zero-order valence-corrected chi connectivity index (χ0v) is 11.4. The largest absolute Gasteiger partial charge is 0.481 e. The standard InChI is InChI=1S/C13H14N2O4S/c14-8-9-1-5-12(6-2-9)20(18,19)15-11-4-3-10(7-11)13(16)17/h1-2,5-6,10-11,15H,3-4,7H2,(H,16,17)/t10-,11+/m1/s1. The summed E-state index contributed by atoms with van der Waals surface area (Å²) in [6.45, 7) is 0. The summed E-state index contributed by atoms with van der Waals surface area (Å²) in [6, 6.07) is 7.17. The van der Waals surface area contributed by atoms with E-state index in [-0.39, 0.29) is 10.9 Å². The number of nitrogens with one attached hydrogen (secondary N) is 1. The van der Waals surface area contributed by atoms with Gasteiger partial charge in [-0.15, -0.1) is 0 Å². The molecule has 0 heterocycles.